The summed E-state index contributed by atoms with van der Waals surface area (Å²) in [4.78, 5) is 0. The van der Waals surface area contributed by atoms with Gasteiger partial charge in [0, 0.05) is 0 Å². The Balaban J connectivity index is 2.72. The fourth-order valence-corrected chi connectivity index (χ4v) is 1.35. The number of aliphatic hydroxyl groups excluding tert-OH is 1. The van der Waals surface area contributed by atoms with Crippen LogP contribution in [0.1, 0.15) is 45.8 Å². The van der Waals surface area contributed by atoms with Crippen LogP contribution in [0.2, 0.25) is 0 Å². The van der Waals surface area contributed by atoms with Crippen LogP contribution in [0.4, 0.5) is 0 Å². The summed E-state index contributed by atoms with van der Waals surface area (Å²) in [6, 6.07) is 7.63. The number of hydrogen-bond acceptors (Lipinski definition) is 2. The zero-order valence-corrected chi connectivity index (χ0v) is 9.95. The summed E-state index contributed by atoms with van der Waals surface area (Å²) in [6.45, 7) is 8.01. The number of ether oxygens (including phenoxy) is 1. The van der Waals surface area contributed by atoms with E-state index in [-0.39, 0.29) is 11.7 Å². The standard InChI is InChI=1S/C13H20O2/c1-5-12(14)10-6-8-11(9-7-10)15-13(2,3)4/h6-9,12,14H,5H2,1-4H3. The SMILES string of the molecule is CCC(O)c1ccc(OC(C)(C)C)cc1. The lowest BCUT2D eigenvalue weighted by molar-refractivity contribution is 0.130. The van der Waals surface area contributed by atoms with E-state index in [2.05, 4.69) is 0 Å². The van der Waals surface area contributed by atoms with Crippen molar-refractivity contribution in [2.24, 2.45) is 0 Å². The average Bonchev–Trinajstić information content (AvgIpc) is 2.15. The molecule has 15 heavy (non-hydrogen) atoms. The van der Waals surface area contributed by atoms with Gasteiger partial charge in [-0.25, -0.2) is 0 Å². The summed E-state index contributed by atoms with van der Waals surface area (Å²) in [5.74, 6) is 0.842. The van der Waals surface area contributed by atoms with E-state index in [1.165, 1.54) is 0 Å². The largest absolute Gasteiger partial charge is 0.488 e. The maximum Gasteiger partial charge on any atom is 0.120 e. The molecule has 84 valence electrons. The zero-order valence-electron chi connectivity index (χ0n) is 9.95. The van der Waals surface area contributed by atoms with Gasteiger partial charge >= 0.3 is 0 Å². The quantitative estimate of drug-likeness (QED) is 0.825. The maximum absolute atomic E-state index is 9.61. The molecule has 0 radical (unpaired) electrons. The molecular formula is C13H20O2. The first-order valence-electron chi connectivity index (χ1n) is 5.39. The minimum Gasteiger partial charge on any atom is -0.488 e. The fourth-order valence-electron chi connectivity index (χ4n) is 1.35. The number of aliphatic hydroxyl groups is 1. The Labute approximate surface area is 91.9 Å². The van der Waals surface area contributed by atoms with E-state index < -0.39 is 0 Å². The Morgan fingerprint density at radius 1 is 1.20 bits per heavy atom. The van der Waals surface area contributed by atoms with Crippen LogP contribution in [0.3, 0.4) is 0 Å². The minimum atomic E-state index is -0.367. The van der Waals surface area contributed by atoms with Crippen molar-refractivity contribution >= 4 is 0 Å². The van der Waals surface area contributed by atoms with Crippen molar-refractivity contribution in [2.75, 3.05) is 0 Å². The van der Waals surface area contributed by atoms with E-state index >= 15 is 0 Å². The van der Waals surface area contributed by atoms with E-state index in [9.17, 15) is 5.11 Å². The Morgan fingerprint density at radius 3 is 2.13 bits per heavy atom. The second-order valence-electron chi connectivity index (χ2n) is 4.71. The Hall–Kier alpha value is -1.02. The van der Waals surface area contributed by atoms with E-state index in [0.717, 1.165) is 17.7 Å². The van der Waals surface area contributed by atoms with Gasteiger partial charge in [0.05, 0.1) is 6.10 Å². The monoisotopic (exact) mass is 208 g/mol. The molecule has 0 bridgehead atoms. The highest BCUT2D eigenvalue weighted by atomic mass is 16.5. The van der Waals surface area contributed by atoms with Gasteiger partial charge < -0.3 is 9.84 Å². The predicted octanol–water partition coefficient (Wildman–Crippen LogP) is 3.31. The van der Waals surface area contributed by atoms with Gasteiger partial charge in [0.25, 0.3) is 0 Å². The molecule has 0 aliphatic carbocycles. The lowest BCUT2D eigenvalue weighted by atomic mass is 10.1. The molecule has 0 fully saturated rings. The third kappa shape index (κ3) is 3.92. The second-order valence-corrected chi connectivity index (χ2v) is 4.71. The molecule has 1 N–H and O–H groups in total. The summed E-state index contributed by atoms with van der Waals surface area (Å²) in [6.07, 6.45) is 0.369. The van der Waals surface area contributed by atoms with Crippen LogP contribution in [-0.2, 0) is 0 Å². The van der Waals surface area contributed by atoms with E-state index in [1.54, 1.807) is 0 Å². The molecule has 2 heteroatoms. The van der Waals surface area contributed by atoms with Crippen LogP contribution in [0.5, 0.6) is 5.75 Å². The molecule has 1 unspecified atom stereocenters. The van der Waals surface area contributed by atoms with Crippen molar-refractivity contribution in [2.45, 2.75) is 45.8 Å². The predicted molar refractivity (Wildman–Crippen MR) is 62.1 cm³/mol. The lowest BCUT2D eigenvalue weighted by Gasteiger charge is -2.21. The van der Waals surface area contributed by atoms with Crippen molar-refractivity contribution < 1.29 is 9.84 Å². The molecule has 0 aromatic heterocycles. The zero-order chi connectivity index (χ0) is 11.5. The lowest BCUT2D eigenvalue weighted by Crippen LogP contribution is -2.22. The molecule has 1 aromatic carbocycles. The molecule has 0 aliphatic heterocycles. The first-order chi connectivity index (χ1) is 6.92. The Morgan fingerprint density at radius 2 is 1.73 bits per heavy atom. The van der Waals surface area contributed by atoms with Crippen LogP contribution in [0, 0.1) is 0 Å². The van der Waals surface area contributed by atoms with Gasteiger partial charge in [-0.2, -0.15) is 0 Å². The van der Waals surface area contributed by atoms with Crippen LogP contribution in [0.25, 0.3) is 0 Å². The molecule has 1 rings (SSSR count). The molecule has 1 atom stereocenters. The van der Waals surface area contributed by atoms with Gasteiger partial charge in [-0.1, -0.05) is 19.1 Å². The molecule has 1 aromatic rings. The van der Waals surface area contributed by atoms with Gasteiger partial charge in [0.15, 0.2) is 0 Å². The molecule has 0 aliphatic rings. The summed E-state index contributed by atoms with van der Waals surface area (Å²) < 4.78 is 5.69. The minimum absolute atomic E-state index is 0.176. The maximum atomic E-state index is 9.61. The molecule has 0 amide bonds. The van der Waals surface area contributed by atoms with Gasteiger partial charge in [-0.15, -0.1) is 0 Å². The van der Waals surface area contributed by atoms with Crippen LogP contribution < -0.4 is 4.74 Å². The van der Waals surface area contributed by atoms with Gasteiger partial charge in [-0.05, 0) is 44.9 Å². The van der Waals surface area contributed by atoms with E-state index in [0.29, 0.717) is 0 Å². The fraction of sp³-hybridized carbons (Fsp3) is 0.538. The van der Waals surface area contributed by atoms with Crippen molar-refractivity contribution in [1.29, 1.82) is 0 Å². The summed E-state index contributed by atoms with van der Waals surface area (Å²) in [5.41, 5.74) is 0.768. The summed E-state index contributed by atoms with van der Waals surface area (Å²) in [7, 11) is 0. The molecule has 0 heterocycles. The average molecular weight is 208 g/mol. The van der Waals surface area contributed by atoms with Crippen molar-refractivity contribution in [3.05, 3.63) is 29.8 Å². The van der Waals surface area contributed by atoms with Gasteiger partial charge in [0.2, 0.25) is 0 Å². The second kappa shape index (κ2) is 4.67. The third-order valence-electron chi connectivity index (χ3n) is 2.08. The third-order valence-corrected chi connectivity index (χ3v) is 2.08. The van der Waals surface area contributed by atoms with Crippen molar-refractivity contribution in [3.63, 3.8) is 0 Å². The number of hydrogen-bond donors (Lipinski definition) is 1. The molecular weight excluding hydrogens is 188 g/mol. The van der Waals surface area contributed by atoms with Crippen molar-refractivity contribution in [1.82, 2.24) is 0 Å². The Bertz CT molecular complexity index is 295. The molecule has 0 saturated heterocycles. The van der Waals surface area contributed by atoms with Crippen LogP contribution in [-0.4, -0.2) is 10.7 Å². The molecule has 2 nitrogen and oxygen atoms in total. The topological polar surface area (TPSA) is 29.5 Å². The normalized spacial score (nSPS) is 13.7. The highest BCUT2D eigenvalue weighted by Crippen LogP contribution is 2.22. The van der Waals surface area contributed by atoms with Crippen molar-refractivity contribution in [3.8, 4) is 5.75 Å². The Kier molecular flexibility index (Phi) is 3.75. The van der Waals surface area contributed by atoms with Gasteiger partial charge in [0.1, 0.15) is 11.4 Å². The van der Waals surface area contributed by atoms with E-state index in [1.807, 2.05) is 52.0 Å². The number of rotatable bonds is 3. The smallest absolute Gasteiger partial charge is 0.120 e. The highest BCUT2D eigenvalue weighted by Gasteiger charge is 2.12. The molecule has 0 spiro atoms. The highest BCUT2D eigenvalue weighted by molar-refractivity contribution is 5.28. The summed E-state index contributed by atoms with van der Waals surface area (Å²) in [5, 5.41) is 9.61. The first kappa shape index (κ1) is 12.1. The van der Waals surface area contributed by atoms with E-state index in [4.69, 9.17) is 4.74 Å². The first-order valence-corrected chi connectivity index (χ1v) is 5.39. The summed E-state index contributed by atoms with van der Waals surface area (Å²) >= 11 is 0. The molecule has 0 saturated carbocycles. The number of benzene rings is 1. The van der Waals surface area contributed by atoms with Gasteiger partial charge in [-0.3, -0.25) is 0 Å². The van der Waals surface area contributed by atoms with Crippen LogP contribution >= 0.6 is 0 Å². The van der Waals surface area contributed by atoms with Crippen LogP contribution in [0.15, 0.2) is 24.3 Å².